The molecule has 1 nitrogen and oxygen atoms in total. The quantitative estimate of drug-likeness (QED) is 0.664. The van der Waals surface area contributed by atoms with Crippen molar-refractivity contribution in [3.8, 4) is 0 Å². The first kappa shape index (κ1) is 10.4. The summed E-state index contributed by atoms with van der Waals surface area (Å²) in [4.78, 5) is 0. The minimum absolute atomic E-state index is 0.798. The van der Waals surface area contributed by atoms with Crippen molar-refractivity contribution < 1.29 is 0 Å². The maximum Gasteiger partial charge on any atom is 0.0191 e. The molecule has 0 aliphatic carbocycles. The fourth-order valence-corrected chi connectivity index (χ4v) is 3.39. The van der Waals surface area contributed by atoms with Crippen LogP contribution in [-0.2, 0) is 0 Å². The highest BCUT2D eigenvalue weighted by Crippen LogP contribution is 2.28. The Kier molecular flexibility index (Phi) is 5.08. The van der Waals surface area contributed by atoms with Gasteiger partial charge in [-0.15, -0.1) is 0 Å². The standard InChI is InChI=1S/C10H21NS/c1-3-4-5-6-9-7-12-8-10(9)11-2/h9-11H,3-8H2,1-2H3. The minimum atomic E-state index is 0.798. The summed E-state index contributed by atoms with van der Waals surface area (Å²) in [5, 5.41) is 3.42. The molecule has 0 bridgehead atoms. The summed E-state index contributed by atoms with van der Waals surface area (Å²) in [5.41, 5.74) is 0. The lowest BCUT2D eigenvalue weighted by atomic mass is 9.97. The second kappa shape index (κ2) is 5.87. The van der Waals surface area contributed by atoms with E-state index in [0.717, 1.165) is 12.0 Å². The Morgan fingerprint density at radius 2 is 2.17 bits per heavy atom. The molecule has 2 heteroatoms. The molecular formula is C10H21NS. The zero-order valence-electron chi connectivity index (χ0n) is 8.31. The number of hydrogen-bond acceptors (Lipinski definition) is 2. The third-order valence-corrected chi connectivity index (χ3v) is 4.01. The minimum Gasteiger partial charge on any atom is -0.316 e. The molecule has 0 aromatic heterocycles. The van der Waals surface area contributed by atoms with Crippen molar-refractivity contribution >= 4 is 11.8 Å². The van der Waals surface area contributed by atoms with E-state index < -0.39 is 0 Å². The second-order valence-electron chi connectivity index (χ2n) is 3.69. The summed E-state index contributed by atoms with van der Waals surface area (Å²) in [6, 6.07) is 0.798. The van der Waals surface area contributed by atoms with Crippen LogP contribution >= 0.6 is 11.8 Å². The zero-order valence-corrected chi connectivity index (χ0v) is 9.12. The van der Waals surface area contributed by atoms with E-state index in [4.69, 9.17) is 0 Å². The zero-order chi connectivity index (χ0) is 8.81. The number of hydrogen-bond donors (Lipinski definition) is 1. The third kappa shape index (κ3) is 2.98. The largest absolute Gasteiger partial charge is 0.316 e. The lowest BCUT2D eigenvalue weighted by Gasteiger charge is -2.17. The topological polar surface area (TPSA) is 12.0 Å². The monoisotopic (exact) mass is 187 g/mol. The van der Waals surface area contributed by atoms with Crippen LogP contribution in [0.5, 0.6) is 0 Å². The molecule has 0 aromatic carbocycles. The fraction of sp³-hybridized carbons (Fsp3) is 1.00. The smallest absolute Gasteiger partial charge is 0.0191 e. The molecule has 0 saturated carbocycles. The van der Waals surface area contributed by atoms with E-state index in [1.165, 1.54) is 37.2 Å². The summed E-state index contributed by atoms with van der Waals surface area (Å²) in [5.74, 6) is 3.66. The summed E-state index contributed by atoms with van der Waals surface area (Å²) in [7, 11) is 2.10. The Morgan fingerprint density at radius 3 is 2.83 bits per heavy atom. The highest BCUT2D eigenvalue weighted by molar-refractivity contribution is 7.99. The summed E-state index contributed by atoms with van der Waals surface area (Å²) in [6.07, 6.45) is 5.63. The van der Waals surface area contributed by atoms with Crippen molar-refractivity contribution in [2.45, 2.75) is 38.6 Å². The molecule has 1 fully saturated rings. The van der Waals surface area contributed by atoms with Crippen LogP contribution in [-0.4, -0.2) is 24.6 Å². The molecule has 2 unspecified atom stereocenters. The molecule has 1 heterocycles. The van der Waals surface area contributed by atoms with E-state index in [-0.39, 0.29) is 0 Å². The lowest BCUT2D eigenvalue weighted by molar-refractivity contribution is 0.412. The predicted molar refractivity (Wildman–Crippen MR) is 57.8 cm³/mol. The first-order valence-electron chi connectivity index (χ1n) is 5.13. The van der Waals surface area contributed by atoms with Gasteiger partial charge in [-0.1, -0.05) is 26.2 Å². The Morgan fingerprint density at radius 1 is 1.33 bits per heavy atom. The van der Waals surface area contributed by atoms with Gasteiger partial charge in [-0.3, -0.25) is 0 Å². The van der Waals surface area contributed by atoms with Crippen molar-refractivity contribution in [3.05, 3.63) is 0 Å². The number of nitrogens with one attached hydrogen (secondary N) is 1. The van der Waals surface area contributed by atoms with Gasteiger partial charge in [0.05, 0.1) is 0 Å². The lowest BCUT2D eigenvalue weighted by Crippen LogP contribution is -2.32. The third-order valence-electron chi connectivity index (χ3n) is 2.75. The van der Waals surface area contributed by atoms with E-state index in [1.54, 1.807) is 0 Å². The van der Waals surface area contributed by atoms with Gasteiger partial charge in [0, 0.05) is 11.8 Å². The molecule has 0 spiro atoms. The molecule has 0 aromatic rings. The van der Waals surface area contributed by atoms with Gasteiger partial charge >= 0.3 is 0 Å². The Bertz CT molecular complexity index is 116. The van der Waals surface area contributed by atoms with Gasteiger partial charge in [-0.25, -0.2) is 0 Å². The van der Waals surface area contributed by atoms with Crippen LogP contribution in [0.3, 0.4) is 0 Å². The summed E-state index contributed by atoms with van der Waals surface area (Å²) >= 11 is 2.11. The fourth-order valence-electron chi connectivity index (χ4n) is 1.86. The van der Waals surface area contributed by atoms with E-state index in [1.807, 2.05) is 0 Å². The first-order valence-corrected chi connectivity index (χ1v) is 6.29. The van der Waals surface area contributed by atoms with Crippen LogP contribution in [0.1, 0.15) is 32.6 Å². The highest BCUT2D eigenvalue weighted by Gasteiger charge is 2.25. The van der Waals surface area contributed by atoms with Crippen molar-refractivity contribution in [2.24, 2.45) is 5.92 Å². The Labute approximate surface area is 80.7 Å². The summed E-state index contributed by atoms with van der Waals surface area (Å²) in [6.45, 7) is 2.28. The van der Waals surface area contributed by atoms with Gasteiger partial charge in [-0.05, 0) is 25.1 Å². The van der Waals surface area contributed by atoms with Gasteiger partial charge in [0.25, 0.3) is 0 Å². The Hall–Kier alpha value is 0.310. The van der Waals surface area contributed by atoms with E-state index in [0.29, 0.717) is 0 Å². The number of thioether (sulfide) groups is 1. The van der Waals surface area contributed by atoms with E-state index in [9.17, 15) is 0 Å². The van der Waals surface area contributed by atoms with Crippen molar-refractivity contribution in [1.29, 1.82) is 0 Å². The molecule has 1 saturated heterocycles. The molecule has 1 rings (SSSR count). The maximum absolute atomic E-state index is 3.42. The SMILES string of the molecule is CCCCCC1CSCC1NC. The highest BCUT2D eigenvalue weighted by atomic mass is 32.2. The average Bonchev–Trinajstić information content (AvgIpc) is 2.52. The number of unbranched alkanes of at least 4 members (excludes halogenated alkanes) is 2. The van der Waals surface area contributed by atoms with Gasteiger partial charge in [-0.2, -0.15) is 11.8 Å². The van der Waals surface area contributed by atoms with Gasteiger partial charge < -0.3 is 5.32 Å². The van der Waals surface area contributed by atoms with Gasteiger partial charge in [0.2, 0.25) is 0 Å². The van der Waals surface area contributed by atoms with Crippen LogP contribution in [0.15, 0.2) is 0 Å². The maximum atomic E-state index is 3.42. The first-order chi connectivity index (χ1) is 5.88. The van der Waals surface area contributed by atoms with Gasteiger partial charge in [0.15, 0.2) is 0 Å². The predicted octanol–water partition coefficient (Wildman–Crippen LogP) is 2.52. The molecule has 2 atom stereocenters. The van der Waals surface area contributed by atoms with Crippen molar-refractivity contribution in [3.63, 3.8) is 0 Å². The molecule has 72 valence electrons. The van der Waals surface area contributed by atoms with Crippen LogP contribution in [0.2, 0.25) is 0 Å². The molecule has 1 aliphatic rings. The average molecular weight is 187 g/mol. The van der Waals surface area contributed by atoms with Crippen LogP contribution in [0.4, 0.5) is 0 Å². The molecule has 0 amide bonds. The van der Waals surface area contributed by atoms with E-state index in [2.05, 4.69) is 31.1 Å². The molecule has 12 heavy (non-hydrogen) atoms. The van der Waals surface area contributed by atoms with Crippen LogP contribution in [0, 0.1) is 5.92 Å². The van der Waals surface area contributed by atoms with Gasteiger partial charge in [0.1, 0.15) is 0 Å². The van der Waals surface area contributed by atoms with E-state index >= 15 is 0 Å². The number of rotatable bonds is 5. The van der Waals surface area contributed by atoms with Crippen LogP contribution < -0.4 is 5.32 Å². The Balaban J connectivity index is 2.12. The normalized spacial score (nSPS) is 29.5. The molecule has 1 N–H and O–H groups in total. The van der Waals surface area contributed by atoms with Crippen LogP contribution in [0.25, 0.3) is 0 Å². The van der Waals surface area contributed by atoms with Crippen molar-refractivity contribution in [2.75, 3.05) is 18.6 Å². The van der Waals surface area contributed by atoms with Crippen molar-refractivity contribution in [1.82, 2.24) is 5.32 Å². The molecule has 0 radical (unpaired) electrons. The molecular weight excluding hydrogens is 166 g/mol. The second-order valence-corrected chi connectivity index (χ2v) is 4.76. The molecule has 1 aliphatic heterocycles. The summed E-state index contributed by atoms with van der Waals surface area (Å²) < 4.78 is 0.